The molecule has 5 nitrogen and oxygen atoms in total. The van der Waals surface area contributed by atoms with E-state index >= 15 is 0 Å². The molecule has 1 saturated carbocycles. The molecule has 0 aromatic rings. The third-order valence-electron chi connectivity index (χ3n) is 3.47. The van der Waals surface area contributed by atoms with Gasteiger partial charge in [-0.25, -0.2) is 8.42 Å². The summed E-state index contributed by atoms with van der Waals surface area (Å²) in [7, 11) is -1.63. The normalized spacial score (nSPS) is 27.6. The third kappa shape index (κ3) is 3.19. The van der Waals surface area contributed by atoms with E-state index in [1.165, 1.54) is 0 Å². The van der Waals surface area contributed by atoms with Crippen LogP contribution in [0.1, 0.15) is 26.2 Å². The molecule has 17 heavy (non-hydrogen) atoms. The summed E-state index contributed by atoms with van der Waals surface area (Å²) in [4.78, 5) is 0. The van der Waals surface area contributed by atoms with Gasteiger partial charge in [-0.05, 0) is 32.7 Å². The molecule has 100 valence electrons. The standard InChI is InChI=1S/C11H22N2O3S/c1-9(16-2)8-17(14,15)13(10-3-4-10)11-5-6-12-7-11/h9-12H,3-8H2,1-2H3. The number of nitrogens with one attached hydrogen (secondary N) is 1. The molecule has 2 fully saturated rings. The Kier molecular flexibility index (Phi) is 4.07. The van der Waals surface area contributed by atoms with Crippen molar-refractivity contribution < 1.29 is 13.2 Å². The van der Waals surface area contributed by atoms with E-state index in [1.54, 1.807) is 18.3 Å². The lowest BCUT2D eigenvalue weighted by atomic mass is 10.2. The van der Waals surface area contributed by atoms with Crippen LogP contribution in [-0.2, 0) is 14.8 Å². The highest BCUT2D eigenvalue weighted by Gasteiger charge is 2.42. The summed E-state index contributed by atoms with van der Waals surface area (Å²) in [6, 6.07) is 0.394. The molecule has 0 bridgehead atoms. The molecular weight excluding hydrogens is 240 g/mol. The number of ether oxygens (including phenoxy) is 1. The molecule has 0 aromatic carbocycles. The lowest BCUT2D eigenvalue weighted by Gasteiger charge is -2.28. The van der Waals surface area contributed by atoms with E-state index in [0.29, 0.717) is 0 Å². The lowest BCUT2D eigenvalue weighted by Crippen LogP contribution is -2.45. The van der Waals surface area contributed by atoms with Gasteiger partial charge in [0.1, 0.15) is 0 Å². The fourth-order valence-corrected chi connectivity index (χ4v) is 4.59. The third-order valence-corrected chi connectivity index (χ3v) is 5.60. The van der Waals surface area contributed by atoms with Crippen molar-refractivity contribution in [3.8, 4) is 0 Å². The zero-order valence-electron chi connectivity index (χ0n) is 10.6. The van der Waals surface area contributed by atoms with Gasteiger partial charge in [-0.15, -0.1) is 0 Å². The fourth-order valence-electron chi connectivity index (χ4n) is 2.39. The molecule has 0 spiro atoms. The Morgan fingerprint density at radius 3 is 2.53 bits per heavy atom. The van der Waals surface area contributed by atoms with E-state index < -0.39 is 10.0 Å². The highest BCUT2D eigenvalue weighted by atomic mass is 32.2. The summed E-state index contributed by atoms with van der Waals surface area (Å²) in [5.74, 6) is 0.0938. The van der Waals surface area contributed by atoms with E-state index in [-0.39, 0.29) is 23.9 Å². The van der Waals surface area contributed by atoms with Gasteiger partial charge in [-0.1, -0.05) is 0 Å². The van der Waals surface area contributed by atoms with E-state index in [0.717, 1.165) is 32.4 Å². The molecule has 6 heteroatoms. The van der Waals surface area contributed by atoms with Gasteiger partial charge in [0.15, 0.2) is 0 Å². The molecular formula is C11H22N2O3S. The molecule has 0 amide bonds. The van der Waals surface area contributed by atoms with Gasteiger partial charge in [0.05, 0.1) is 11.9 Å². The van der Waals surface area contributed by atoms with Crippen LogP contribution in [0.5, 0.6) is 0 Å². The van der Waals surface area contributed by atoms with Gasteiger partial charge in [-0.3, -0.25) is 0 Å². The molecule has 2 unspecified atom stereocenters. The van der Waals surface area contributed by atoms with Gasteiger partial charge in [-0.2, -0.15) is 4.31 Å². The minimum atomic E-state index is -3.19. The number of nitrogens with zero attached hydrogens (tertiary/aromatic N) is 1. The minimum Gasteiger partial charge on any atom is -0.381 e. The number of methoxy groups -OCH3 is 1. The molecule has 0 aromatic heterocycles. The Labute approximate surface area is 104 Å². The quantitative estimate of drug-likeness (QED) is 0.742. The van der Waals surface area contributed by atoms with Crippen LogP contribution < -0.4 is 5.32 Å². The van der Waals surface area contributed by atoms with Crippen LogP contribution in [0.15, 0.2) is 0 Å². The Morgan fingerprint density at radius 2 is 2.06 bits per heavy atom. The van der Waals surface area contributed by atoms with Crippen LogP contribution in [0, 0.1) is 0 Å². The molecule has 2 atom stereocenters. The molecule has 1 N–H and O–H groups in total. The first-order chi connectivity index (χ1) is 8.04. The zero-order chi connectivity index (χ0) is 12.5. The first kappa shape index (κ1) is 13.3. The topological polar surface area (TPSA) is 58.6 Å². The Hall–Kier alpha value is -0.170. The van der Waals surface area contributed by atoms with Gasteiger partial charge >= 0.3 is 0 Å². The maximum Gasteiger partial charge on any atom is 0.217 e. The summed E-state index contributed by atoms with van der Waals surface area (Å²) < 4.78 is 31.6. The van der Waals surface area contributed by atoms with Crippen LogP contribution in [0.4, 0.5) is 0 Å². The van der Waals surface area contributed by atoms with Crippen molar-refractivity contribution >= 4 is 10.0 Å². The maximum atomic E-state index is 12.4. The van der Waals surface area contributed by atoms with Gasteiger partial charge in [0, 0.05) is 25.7 Å². The molecule has 0 radical (unpaired) electrons. The second-order valence-corrected chi connectivity index (χ2v) is 6.95. The first-order valence-corrected chi connectivity index (χ1v) is 7.90. The number of rotatable bonds is 6. The fraction of sp³-hybridized carbons (Fsp3) is 1.00. The Balaban J connectivity index is 2.08. The van der Waals surface area contributed by atoms with Crippen molar-refractivity contribution in [1.82, 2.24) is 9.62 Å². The van der Waals surface area contributed by atoms with Crippen molar-refractivity contribution in [2.75, 3.05) is 26.0 Å². The Morgan fingerprint density at radius 1 is 1.35 bits per heavy atom. The largest absolute Gasteiger partial charge is 0.381 e. The highest BCUT2D eigenvalue weighted by molar-refractivity contribution is 7.89. The molecule has 1 heterocycles. The predicted molar refractivity (Wildman–Crippen MR) is 66.4 cm³/mol. The van der Waals surface area contributed by atoms with Crippen LogP contribution in [-0.4, -0.2) is 56.9 Å². The Bertz CT molecular complexity index is 348. The van der Waals surface area contributed by atoms with E-state index in [4.69, 9.17) is 4.74 Å². The predicted octanol–water partition coefficient (Wildman–Crippen LogP) is 0.177. The molecule has 1 aliphatic carbocycles. The van der Waals surface area contributed by atoms with Crippen LogP contribution in [0.25, 0.3) is 0 Å². The van der Waals surface area contributed by atoms with Crippen molar-refractivity contribution in [2.45, 2.75) is 44.4 Å². The molecule has 1 saturated heterocycles. The van der Waals surface area contributed by atoms with Crippen LogP contribution in [0.2, 0.25) is 0 Å². The average Bonchev–Trinajstić information content (AvgIpc) is 2.92. The highest BCUT2D eigenvalue weighted by Crippen LogP contribution is 2.33. The van der Waals surface area contributed by atoms with E-state index in [2.05, 4.69) is 5.32 Å². The molecule has 2 aliphatic rings. The zero-order valence-corrected chi connectivity index (χ0v) is 11.4. The second kappa shape index (κ2) is 5.22. The summed E-state index contributed by atoms with van der Waals surface area (Å²) in [5.41, 5.74) is 0. The van der Waals surface area contributed by atoms with Gasteiger partial charge < -0.3 is 10.1 Å². The lowest BCUT2D eigenvalue weighted by molar-refractivity contribution is 0.134. The first-order valence-electron chi connectivity index (χ1n) is 6.29. The van der Waals surface area contributed by atoms with Crippen molar-refractivity contribution in [2.24, 2.45) is 0 Å². The van der Waals surface area contributed by atoms with Crippen molar-refractivity contribution in [1.29, 1.82) is 0 Å². The summed E-state index contributed by atoms with van der Waals surface area (Å²) in [6.07, 6.45) is 2.71. The summed E-state index contributed by atoms with van der Waals surface area (Å²) in [5, 5.41) is 3.24. The van der Waals surface area contributed by atoms with E-state index in [1.807, 2.05) is 0 Å². The minimum absolute atomic E-state index is 0.0938. The molecule has 2 rings (SSSR count). The van der Waals surface area contributed by atoms with Gasteiger partial charge in [0.2, 0.25) is 10.0 Å². The van der Waals surface area contributed by atoms with Crippen molar-refractivity contribution in [3.05, 3.63) is 0 Å². The van der Waals surface area contributed by atoms with Gasteiger partial charge in [0.25, 0.3) is 0 Å². The van der Waals surface area contributed by atoms with Crippen LogP contribution in [0.3, 0.4) is 0 Å². The molecule has 1 aliphatic heterocycles. The smallest absolute Gasteiger partial charge is 0.217 e. The SMILES string of the molecule is COC(C)CS(=O)(=O)N(C1CC1)C1CCNC1. The second-order valence-electron chi connectivity index (χ2n) is 5.03. The number of sulfonamides is 1. The average molecular weight is 262 g/mol. The monoisotopic (exact) mass is 262 g/mol. The number of hydrogen-bond donors (Lipinski definition) is 1. The summed E-state index contributed by atoms with van der Waals surface area (Å²) in [6.45, 7) is 3.51. The van der Waals surface area contributed by atoms with Crippen LogP contribution >= 0.6 is 0 Å². The van der Waals surface area contributed by atoms with E-state index in [9.17, 15) is 8.42 Å². The summed E-state index contributed by atoms with van der Waals surface area (Å²) >= 11 is 0. The maximum absolute atomic E-state index is 12.4. The number of hydrogen-bond acceptors (Lipinski definition) is 4. The van der Waals surface area contributed by atoms with Crippen molar-refractivity contribution in [3.63, 3.8) is 0 Å².